The Hall–Kier alpha value is -1.47. The minimum Gasteiger partial charge on any atom is -0.455 e. The van der Waals surface area contributed by atoms with E-state index in [-0.39, 0.29) is 5.69 Å². The van der Waals surface area contributed by atoms with E-state index < -0.39 is 11.6 Å². The Morgan fingerprint density at radius 1 is 1.21 bits per heavy atom. The third-order valence-corrected chi connectivity index (χ3v) is 2.13. The standard InChI is InChI=1S/C12H21N3O4/c1-12(2,3)19-11(16)10-9(13-15-14-10)5-6-18-8-7-17-4/h5-8H2,1-4H3,(H,13,14,15). The first-order chi connectivity index (χ1) is 8.94. The topological polar surface area (TPSA) is 86.3 Å². The van der Waals surface area contributed by atoms with Crippen LogP contribution in [0.25, 0.3) is 0 Å². The van der Waals surface area contributed by atoms with Crippen LogP contribution in [-0.4, -0.2) is 53.9 Å². The fraction of sp³-hybridized carbons (Fsp3) is 0.750. The Kier molecular flexibility index (Phi) is 5.91. The van der Waals surface area contributed by atoms with Gasteiger partial charge in [0.25, 0.3) is 0 Å². The predicted octanol–water partition coefficient (Wildman–Crippen LogP) is 0.965. The molecule has 0 amide bonds. The van der Waals surface area contributed by atoms with E-state index in [0.717, 1.165) is 0 Å². The highest BCUT2D eigenvalue weighted by Crippen LogP contribution is 2.12. The number of hydrogen-bond donors (Lipinski definition) is 1. The number of ether oxygens (including phenoxy) is 3. The van der Waals surface area contributed by atoms with Gasteiger partial charge in [0.2, 0.25) is 0 Å². The van der Waals surface area contributed by atoms with Crippen LogP contribution in [0.1, 0.15) is 37.0 Å². The summed E-state index contributed by atoms with van der Waals surface area (Å²) in [5.74, 6) is -0.479. The number of H-pyrrole nitrogens is 1. The lowest BCUT2D eigenvalue weighted by molar-refractivity contribution is 0.00609. The van der Waals surface area contributed by atoms with Gasteiger partial charge >= 0.3 is 5.97 Å². The smallest absolute Gasteiger partial charge is 0.361 e. The van der Waals surface area contributed by atoms with Crippen LogP contribution in [0, 0.1) is 0 Å². The van der Waals surface area contributed by atoms with E-state index in [1.807, 2.05) is 0 Å². The summed E-state index contributed by atoms with van der Waals surface area (Å²) in [6.07, 6.45) is 0.495. The highest BCUT2D eigenvalue weighted by molar-refractivity contribution is 5.88. The third kappa shape index (κ3) is 5.80. The van der Waals surface area contributed by atoms with Gasteiger partial charge in [-0.3, -0.25) is 0 Å². The van der Waals surface area contributed by atoms with Gasteiger partial charge in [0.15, 0.2) is 5.69 Å². The fourth-order valence-electron chi connectivity index (χ4n) is 1.33. The molecule has 0 atom stereocenters. The second-order valence-corrected chi connectivity index (χ2v) is 4.98. The first-order valence-electron chi connectivity index (χ1n) is 6.13. The van der Waals surface area contributed by atoms with Crippen molar-refractivity contribution >= 4 is 5.97 Å². The maximum Gasteiger partial charge on any atom is 0.361 e. The van der Waals surface area contributed by atoms with Gasteiger partial charge < -0.3 is 14.2 Å². The summed E-state index contributed by atoms with van der Waals surface area (Å²) < 4.78 is 15.4. The summed E-state index contributed by atoms with van der Waals surface area (Å²) in [7, 11) is 1.61. The van der Waals surface area contributed by atoms with Crippen molar-refractivity contribution in [3.8, 4) is 0 Å². The molecule has 19 heavy (non-hydrogen) atoms. The lowest BCUT2D eigenvalue weighted by Gasteiger charge is -2.18. The molecule has 0 aromatic carbocycles. The maximum atomic E-state index is 11.9. The second kappa shape index (κ2) is 7.20. The number of nitrogens with zero attached hydrogens (tertiary/aromatic N) is 2. The predicted molar refractivity (Wildman–Crippen MR) is 68.0 cm³/mol. The van der Waals surface area contributed by atoms with Crippen molar-refractivity contribution in [3.63, 3.8) is 0 Å². The molecule has 0 spiro atoms. The van der Waals surface area contributed by atoms with Crippen molar-refractivity contribution in [2.24, 2.45) is 0 Å². The fourth-order valence-corrected chi connectivity index (χ4v) is 1.33. The van der Waals surface area contributed by atoms with Crippen molar-refractivity contribution in [1.29, 1.82) is 0 Å². The van der Waals surface area contributed by atoms with Crippen molar-refractivity contribution in [3.05, 3.63) is 11.4 Å². The van der Waals surface area contributed by atoms with Crippen molar-refractivity contribution in [1.82, 2.24) is 15.4 Å². The highest BCUT2D eigenvalue weighted by Gasteiger charge is 2.23. The molecule has 1 N–H and O–H groups in total. The SMILES string of the molecule is COCCOCCc1n[nH]nc1C(=O)OC(C)(C)C. The summed E-state index contributed by atoms with van der Waals surface area (Å²) in [6, 6.07) is 0. The Labute approximate surface area is 112 Å². The summed E-state index contributed by atoms with van der Waals surface area (Å²) in [6.45, 7) is 6.91. The molecule has 0 saturated carbocycles. The minimum absolute atomic E-state index is 0.213. The van der Waals surface area contributed by atoms with Crippen LogP contribution in [0.15, 0.2) is 0 Å². The van der Waals surface area contributed by atoms with Gasteiger partial charge in [-0.25, -0.2) is 4.79 Å². The Morgan fingerprint density at radius 2 is 1.95 bits per heavy atom. The van der Waals surface area contributed by atoms with Crippen LogP contribution < -0.4 is 0 Å². The van der Waals surface area contributed by atoms with Crippen LogP contribution in [-0.2, 0) is 20.6 Å². The molecule has 0 aliphatic rings. The number of aromatic nitrogens is 3. The molecule has 0 fully saturated rings. The zero-order chi connectivity index (χ0) is 14.3. The number of carbonyl (C=O) groups excluding carboxylic acids is 1. The molecule has 0 bridgehead atoms. The van der Waals surface area contributed by atoms with Gasteiger partial charge in [-0.1, -0.05) is 0 Å². The van der Waals surface area contributed by atoms with Crippen LogP contribution >= 0.6 is 0 Å². The third-order valence-electron chi connectivity index (χ3n) is 2.13. The second-order valence-electron chi connectivity index (χ2n) is 4.98. The number of rotatable bonds is 7. The van der Waals surface area contributed by atoms with E-state index in [9.17, 15) is 4.79 Å². The molecule has 0 radical (unpaired) electrons. The average Bonchev–Trinajstić information content (AvgIpc) is 2.75. The number of hydrogen-bond acceptors (Lipinski definition) is 6. The molecular formula is C12H21N3O4. The van der Waals surface area contributed by atoms with E-state index in [1.54, 1.807) is 27.9 Å². The quantitative estimate of drug-likeness (QED) is 0.587. The monoisotopic (exact) mass is 271 g/mol. The lowest BCUT2D eigenvalue weighted by atomic mass is 10.2. The number of methoxy groups -OCH3 is 1. The number of aromatic amines is 1. The largest absolute Gasteiger partial charge is 0.455 e. The van der Waals surface area contributed by atoms with E-state index in [4.69, 9.17) is 14.2 Å². The Balaban J connectivity index is 2.48. The zero-order valence-corrected chi connectivity index (χ0v) is 11.9. The van der Waals surface area contributed by atoms with E-state index >= 15 is 0 Å². The molecule has 108 valence electrons. The normalized spacial score (nSPS) is 11.6. The number of nitrogens with one attached hydrogen (secondary N) is 1. The molecule has 7 nitrogen and oxygen atoms in total. The van der Waals surface area contributed by atoms with Crippen LogP contribution in [0.5, 0.6) is 0 Å². The molecule has 1 aromatic rings. The Bertz CT molecular complexity index is 398. The molecule has 7 heteroatoms. The van der Waals surface area contributed by atoms with E-state index in [0.29, 0.717) is 31.9 Å². The van der Waals surface area contributed by atoms with Crippen molar-refractivity contribution in [2.75, 3.05) is 26.9 Å². The van der Waals surface area contributed by atoms with Crippen LogP contribution in [0.3, 0.4) is 0 Å². The molecule has 1 aromatic heterocycles. The summed E-state index contributed by atoms with van der Waals surface area (Å²) in [4.78, 5) is 11.9. The van der Waals surface area contributed by atoms with Gasteiger partial charge in [-0.05, 0) is 20.8 Å². The molecule has 0 aliphatic heterocycles. The van der Waals surface area contributed by atoms with Gasteiger partial charge in [-0.15, -0.1) is 5.10 Å². The van der Waals surface area contributed by atoms with E-state index in [1.165, 1.54) is 0 Å². The van der Waals surface area contributed by atoms with Crippen LogP contribution in [0.2, 0.25) is 0 Å². The van der Waals surface area contributed by atoms with Crippen LogP contribution in [0.4, 0.5) is 0 Å². The number of carbonyl (C=O) groups is 1. The molecule has 1 heterocycles. The average molecular weight is 271 g/mol. The molecule has 1 rings (SSSR count). The summed E-state index contributed by atoms with van der Waals surface area (Å²) in [5, 5.41) is 10.2. The number of esters is 1. The maximum absolute atomic E-state index is 11.9. The van der Waals surface area contributed by atoms with Crippen molar-refractivity contribution in [2.45, 2.75) is 32.8 Å². The van der Waals surface area contributed by atoms with Gasteiger partial charge in [0, 0.05) is 13.5 Å². The van der Waals surface area contributed by atoms with Gasteiger partial charge in [-0.2, -0.15) is 10.3 Å². The van der Waals surface area contributed by atoms with Gasteiger partial charge in [0.05, 0.1) is 25.5 Å². The molecule has 0 unspecified atom stereocenters. The van der Waals surface area contributed by atoms with Gasteiger partial charge in [0.1, 0.15) is 5.60 Å². The first kappa shape index (κ1) is 15.6. The molecule has 0 aliphatic carbocycles. The molecule has 0 saturated heterocycles. The van der Waals surface area contributed by atoms with E-state index in [2.05, 4.69) is 15.4 Å². The lowest BCUT2D eigenvalue weighted by Crippen LogP contribution is -2.25. The highest BCUT2D eigenvalue weighted by atomic mass is 16.6. The first-order valence-corrected chi connectivity index (χ1v) is 6.13. The van der Waals surface area contributed by atoms with Crippen molar-refractivity contribution < 1.29 is 19.0 Å². The zero-order valence-electron chi connectivity index (χ0n) is 11.9. The summed E-state index contributed by atoms with van der Waals surface area (Å²) >= 11 is 0. The summed E-state index contributed by atoms with van der Waals surface area (Å²) in [5.41, 5.74) is 0.208. The Morgan fingerprint density at radius 3 is 2.58 bits per heavy atom. The minimum atomic E-state index is -0.553. The molecular weight excluding hydrogens is 250 g/mol.